The lowest BCUT2D eigenvalue weighted by atomic mass is 10.2. The lowest BCUT2D eigenvalue weighted by Gasteiger charge is -2.13. The van der Waals surface area contributed by atoms with Gasteiger partial charge in [-0.2, -0.15) is 0 Å². The highest BCUT2D eigenvalue weighted by atomic mass is 32.2. The molecule has 1 aromatic carbocycles. The quantitative estimate of drug-likeness (QED) is 0.594. The smallest absolute Gasteiger partial charge is 0.183 e. The minimum atomic E-state index is -0.291. The Labute approximate surface area is 122 Å². The summed E-state index contributed by atoms with van der Waals surface area (Å²) in [6, 6.07) is 8.25. The van der Waals surface area contributed by atoms with Gasteiger partial charge in [0.1, 0.15) is 5.01 Å². The fourth-order valence-corrected chi connectivity index (χ4v) is 3.39. The van der Waals surface area contributed by atoms with Gasteiger partial charge in [0.15, 0.2) is 6.29 Å². The number of hydrogen-bond acceptors (Lipinski definition) is 5. The van der Waals surface area contributed by atoms with Crippen molar-refractivity contribution >= 4 is 23.1 Å². The van der Waals surface area contributed by atoms with Crippen LogP contribution in [0.1, 0.15) is 22.6 Å². The molecule has 0 unspecified atom stereocenters. The first-order chi connectivity index (χ1) is 9.22. The Kier molecular flexibility index (Phi) is 5.39. The van der Waals surface area contributed by atoms with Gasteiger partial charge in [-0.15, -0.1) is 23.1 Å². The Morgan fingerprint density at radius 1 is 1.21 bits per heavy atom. The van der Waals surface area contributed by atoms with Gasteiger partial charge < -0.3 is 9.47 Å². The number of rotatable bonds is 6. The van der Waals surface area contributed by atoms with Crippen molar-refractivity contribution in [2.45, 2.75) is 23.9 Å². The molecule has 2 aromatic rings. The Balaban J connectivity index is 1.95. The highest BCUT2D eigenvalue weighted by Gasteiger charge is 2.08. The summed E-state index contributed by atoms with van der Waals surface area (Å²) < 4.78 is 10.4. The van der Waals surface area contributed by atoms with Crippen molar-refractivity contribution in [3.8, 4) is 0 Å². The van der Waals surface area contributed by atoms with E-state index in [0.29, 0.717) is 0 Å². The van der Waals surface area contributed by atoms with Crippen molar-refractivity contribution in [3.05, 3.63) is 45.9 Å². The van der Waals surface area contributed by atoms with E-state index >= 15 is 0 Å². The van der Waals surface area contributed by atoms with Crippen LogP contribution in [0.3, 0.4) is 0 Å². The van der Waals surface area contributed by atoms with Gasteiger partial charge in [0, 0.05) is 35.8 Å². The Morgan fingerprint density at radius 3 is 2.42 bits per heavy atom. The molecule has 0 amide bonds. The zero-order valence-electron chi connectivity index (χ0n) is 11.3. The molecular formula is C14H17NO2S2. The largest absolute Gasteiger partial charge is 0.352 e. The number of hydrogen-bond donors (Lipinski definition) is 0. The van der Waals surface area contributed by atoms with E-state index in [2.05, 4.69) is 22.5 Å². The van der Waals surface area contributed by atoms with E-state index < -0.39 is 0 Å². The SMILES string of the molecule is COC(OC)c1ccc(SCc2nc(C)cs2)cc1. The van der Waals surface area contributed by atoms with Crippen LogP contribution in [0.15, 0.2) is 34.5 Å². The van der Waals surface area contributed by atoms with Crippen LogP contribution in [0.25, 0.3) is 0 Å². The number of aryl methyl sites for hydroxylation is 1. The fraction of sp³-hybridized carbons (Fsp3) is 0.357. The summed E-state index contributed by atoms with van der Waals surface area (Å²) in [7, 11) is 3.28. The van der Waals surface area contributed by atoms with Crippen molar-refractivity contribution in [1.82, 2.24) is 4.98 Å². The van der Waals surface area contributed by atoms with Gasteiger partial charge in [-0.3, -0.25) is 0 Å². The van der Waals surface area contributed by atoms with Gasteiger partial charge in [-0.25, -0.2) is 4.98 Å². The molecule has 5 heteroatoms. The molecule has 1 aromatic heterocycles. The minimum absolute atomic E-state index is 0.291. The van der Waals surface area contributed by atoms with Crippen LogP contribution in [-0.2, 0) is 15.2 Å². The molecule has 0 saturated heterocycles. The third-order valence-corrected chi connectivity index (χ3v) is 4.78. The second-order valence-corrected chi connectivity index (χ2v) is 6.04. The van der Waals surface area contributed by atoms with Crippen LogP contribution in [-0.4, -0.2) is 19.2 Å². The summed E-state index contributed by atoms with van der Waals surface area (Å²) in [5.41, 5.74) is 2.12. The summed E-state index contributed by atoms with van der Waals surface area (Å²) in [6.07, 6.45) is -0.291. The summed E-state index contributed by atoms with van der Waals surface area (Å²) >= 11 is 3.50. The molecule has 2 rings (SSSR count). The van der Waals surface area contributed by atoms with Crippen LogP contribution in [0.2, 0.25) is 0 Å². The van der Waals surface area contributed by atoms with Gasteiger partial charge >= 0.3 is 0 Å². The van der Waals surface area contributed by atoms with Crippen molar-refractivity contribution < 1.29 is 9.47 Å². The molecule has 0 aliphatic heterocycles. The van der Waals surface area contributed by atoms with E-state index in [4.69, 9.17) is 9.47 Å². The predicted octanol–water partition coefficient (Wildman–Crippen LogP) is 4.04. The number of nitrogens with zero attached hydrogens (tertiary/aromatic N) is 1. The van der Waals surface area contributed by atoms with Crippen LogP contribution in [0.4, 0.5) is 0 Å². The van der Waals surface area contributed by atoms with E-state index in [-0.39, 0.29) is 6.29 Å². The van der Waals surface area contributed by atoms with Crippen molar-refractivity contribution in [2.24, 2.45) is 0 Å². The molecule has 0 N–H and O–H groups in total. The van der Waals surface area contributed by atoms with Crippen LogP contribution >= 0.6 is 23.1 Å². The molecule has 3 nitrogen and oxygen atoms in total. The zero-order chi connectivity index (χ0) is 13.7. The summed E-state index contributed by atoms with van der Waals surface area (Å²) in [6.45, 7) is 2.02. The second-order valence-electron chi connectivity index (χ2n) is 4.04. The normalized spacial score (nSPS) is 11.2. The Morgan fingerprint density at radius 2 is 1.89 bits per heavy atom. The fourth-order valence-electron chi connectivity index (χ4n) is 1.70. The van der Waals surface area contributed by atoms with E-state index in [0.717, 1.165) is 17.0 Å². The molecule has 0 aliphatic carbocycles. The van der Waals surface area contributed by atoms with Crippen LogP contribution < -0.4 is 0 Å². The first-order valence-corrected chi connectivity index (χ1v) is 7.79. The minimum Gasteiger partial charge on any atom is -0.352 e. The van der Waals surface area contributed by atoms with Crippen LogP contribution in [0, 0.1) is 6.92 Å². The predicted molar refractivity (Wildman–Crippen MR) is 79.6 cm³/mol. The molecule has 0 fully saturated rings. The monoisotopic (exact) mass is 295 g/mol. The highest BCUT2D eigenvalue weighted by Crippen LogP contribution is 2.26. The lowest BCUT2D eigenvalue weighted by Crippen LogP contribution is -2.02. The number of ether oxygens (including phenoxy) is 2. The number of thiazole rings is 1. The summed E-state index contributed by atoms with van der Waals surface area (Å²) in [4.78, 5) is 5.68. The van der Waals surface area contributed by atoms with Gasteiger partial charge in [0.25, 0.3) is 0 Å². The molecule has 0 atom stereocenters. The topological polar surface area (TPSA) is 31.4 Å². The Hall–Kier alpha value is -0.880. The first kappa shape index (κ1) is 14.5. The average Bonchev–Trinajstić information content (AvgIpc) is 2.85. The standard InChI is InChI=1S/C14H17NO2S2/c1-10-8-19-13(15-10)9-18-12-6-4-11(5-7-12)14(16-2)17-3/h4-8,14H,9H2,1-3H3. The maximum absolute atomic E-state index is 5.22. The summed E-state index contributed by atoms with van der Waals surface area (Å²) in [5, 5.41) is 3.25. The van der Waals surface area contributed by atoms with Crippen molar-refractivity contribution in [3.63, 3.8) is 0 Å². The van der Waals surface area contributed by atoms with E-state index in [1.807, 2.05) is 19.1 Å². The first-order valence-electron chi connectivity index (χ1n) is 5.92. The van der Waals surface area contributed by atoms with E-state index in [1.165, 1.54) is 9.90 Å². The molecule has 0 radical (unpaired) electrons. The van der Waals surface area contributed by atoms with E-state index in [1.54, 1.807) is 37.3 Å². The molecule has 1 heterocycles. The molecule has 19 heavy (non-hydrogen) atoms. The van der Waals surface area contributed by atoms with E-state index in [9.17, 15) is 0 Å². The third-order valence-electron chi connectivity index (χ3n) is 2.61. The lowest BCUT2D eigenvalue weighted by molar-refractivity contribution is -0.106. The number of aromatic nitrogens is 1. The van der Waals surface area contributed by atoms with Crippen LogP contribution in [0.5, 0.6) is 0 Å². The second kappa shape index (κ2) is 7.05. The van der Waals surface area contributed by atoms with Gasteiger partial charge in [-0.1, -0.05) is 12.1 Å². The maximum Gasteiger partial charge on any atom is 0.183 e. The maximum atomic E-state index is 5.22. The van der Waals surface area contributed by atoms with Crippen molar-refractivity contribution in [2.75, 3.05) is 14.2 Å². The molecule has 0 aliphatic rings. The zero-order valence-corrected chi connectivity index (χ0v) is 12.9. The van der Waals surface area contributed by atoms with Gasteiger partial charge in [-0.05, 0) is 19.1 Å². The molecule has 102 valence electrons. The summed E-state index contributed by atoms with van der Waals surface area (Å²) in [5.74, 6) is 0.913. The molecule has 0 saturated carbocycles. The molecule has 0 spiro atoms. The van der Waals surface area contributed by atoms with Gasteiger partial charge in [0.2, 0.25) is 0 Å². The molecule has 0 bridgehead atoms. The third kappa shape index (κ3) is 4.04. The number of benzene rings is 1. The average molecular weight is 295 g/mol. The highest BCUT2D eigenvalue weighted by molar-refractivity contribution is 7.98. The number of methoxy groups -OCH3 is 2. The number of thioether (sulfide) groups is 1. The Bertz CT molecular complexity index is 506. The molecular weight excluding hydrogens is 278 g/mol. The van der Waals surface area contributed by atoms with Gasteiger partial charge in [0.05, 0.1) is 5.75 Å². The van der Waals surface area contributed by atoms with Crippen molar-refractivity contribution in [1.29, 1.82) is 0 Å².